The van der Waals surface area contributed by atoms with Gasteiger partial charge < -0.3 is 9.80 Å². The number of nitrogens with one attached hydrogen (secondary N) is 1. The van der Waals surface area contributed by atoms with Crippen LogP contribution < -0.4 is 10.3 Å². The number of aromatic nitrogens is 1. The molecule has 31 heavy (non-hydrogen) atoms. The fraction of sp³-hybridized carbons (Fsp3) is 0.348. The first kappa shape index (κ1) is 19.4. The molecule has 2 saturated heterocycles. The molecule has 2 fully saturated rings. The molecular formula is C23H23N5O3. The molecular weight excluding hydrogens is 394 g/mol. The number of carbonyl (C=O) groups excluding carboxylic acids is 3. The van der Waals surface area contributed by atoms with Crippen LogP contribution in [0.3, 0.4) is 0 Å². The Kier molecular flexibility index (Phi) is 4.77. The number of β-lactam (4-membered cyclic amide) rings is 1. The van der Waals surface area contributed by atoms with E-state index in [2.05, 4.69) is 15.5 Å². The molecule has 2 aromatic rings. The molecule has 3 aliphatic rings. The van der Waals surface area contributed by atoms with Crippen molar-refractivity contribution in [2.45, 2.75) is 31.7 Å². The second kappa shape index (κ2) is 7.61. The number of rotatable bonds is 3. The number of para-hydroxylation sites is 1. The zero-order chi connectivity index (χ0) is 21.4. The zero-order valence-corrected chi connectivity index (χ0v) is 17.0. The maximum absolute atomic E-state index is 13.5. The molecule has 4 heterocycles. The van der Waals surface area contributed by atoms with E-state index in [1.807, 2.05) is 53.4 Å². The number of nitrogens with zero attached hydrogens (tertiary/aromatic N) is 4. The Morgan fingerprint density at radius 2 is 1.74 bits per heavy atom. The van der Waals surface area contributed by atoms with Crippen LogP contribution in [0.2, 0.25) is 0 Å². The standard InChI is InChI=1S/C23H23N5O3/c29-19-10-9-18(25-26-19)21(30)27-14-11-23(12-15-27)20(17-8-4-5-13-24-17)28(22(23)31)16-6-2-1-3-7-16/h1-8,13,20H,9-12,14-15H2,(H,26,29). The molecule has 3 aliphatic heterocycles. The van der Waals surface area contributed by atoms with E-state index in [9.17, 15) is 14.4 Å². The second-order valence-corrected chi connectivity index (χ2v) is 8.21. The molecule has 1 spiro atoms. The van der Waals surface area contributed by atoms with Gasteiger partial charge in [-0.3, -0.25) is 19.4 Å². The van der Waals surface area contributed by atoms with Gasteiger partial charge in [-0.05, 0) is 37.1 Å². The van der Waals surface area contributed by atoms with Crippen molar-refractivity contribution in [3.05, 3.63) is 60.4 Å². The topological polar surface area (TPSA) is 95.0 Å². The van der Waals surface area contributed by atoms with Crippen molar-refractivity contribution in [1.82, 2.24) is 15.3 Å². The average molecular weight is 417 g/mol. The first-order valence-corrected chi connectivity index (χ1v) is 10.5. The molecule has 1 unspecified atom stereocenters. The van der Waals surface area contributed by atoms with Gasteiger partial charge in [0.15, 0.2) is 0 Å². The van der Waals surface area contributed by atoms with Gasteiger partial charge in [0.1, 0.15) is 5.71 Å². The van der Waals surface area contributed by atoms with E-state index in [0.717, 1.165) is 11.4 Å². The minimum atomic E-state index is -0.566. The zero-order valence-electron chi connectivity index (χ0n) is 17.0. The number of benzene rings is 1. The summed E-state index contributed by atoms with van der Waals surface area (Å²) in [5.41, 5.74) is 3.92. The van der Waals surface area contributed by atoms with Gasteiger partial charge in [0.25, 0.3) is 5.91 Å². The molecule has 1 aromatic heterocycles. The number of anilines is 1. The third-order valence-corrected chi connectivity index (χ3v) is 6.52. The van der Waals surface area contributed by atoms with Crippen molar-refractivity contribution >= 4 is 29.1 Å². The number of hydrogen-bond donors (Lipinski definition) is 1. The van der Waals surface area contributed by atoms with Gasteiger partial charge in [-0.15, -0.1) is 0 Å². The summed E-state index contributed by atoms with van der Waals surface area (Å²) in [7, 11) is 0. The summed E-state index contributed by atoms with van der Waals surface area (Å²) >= 11 is 0. The molecule has 158 valence electrons. The number of carbonyl (C=O) groups is 3. The Balaban J connectivity index is 1.38. The average Bonchev–Trinajstić information content (AvgIpc) is 2.83. The van der Waals surface area contributed by atoms with Gasteiger partial charge >= 0.3 is 0 Å². The fourth-order valence-electron chi connectivity index (χ4n) is 4.87. The van der Waals surface area contributed by atoms with E-state index >= 15 is 0 Å². The molecule has 3 amide bonds. The normalized spacial score (nSPS) is 22.6. The number of amides is 3. The minimum Gasteiger partial charge on any atom is -0.337 e. The molecule has 8 nitrogen and oxygen atoms in total. The van der Waals surface area contributed by atoms with Crippen LogP contribution in [0.25, 0.3) is 0 Å². The highest BCUT2D eigenvalue weighted by Crippen LogP contribution is 2.57. The predicted octanol–water partition coefficient (Wildman–Crippen LogP) is 2.04. The van der Waals surface area contributed by atoms with Crippen LogP contribution in [-0.4, -0.2) is 46.4 Å². The number of hydrogen-bond acceptors (Lipinski definition) is 5. The minimum absolute atomic E-state index is 0.0868. The van der Waals surface area contributed by atoms with E-state index in [1.165, 1.54) is 0 Å². The van der Waals surface area contributed by atoms with E-state index in [-0.39, 0.29) is 30.2 Å². The van der Waals surface area contributed by atoms with Crippen LogP contribution in [0.5, 0.6) is 0 Å². The van der Waals surface area contributed by atoms with Crippen LogP contribution in [-0.2, 0) is 14.4 Å². The summed E-state index contributed by atoms with van der Waals surface area (Å²) in [5.74, 6) is -0.243. The van der Waals surface area contributed by atoms with Crippen LogP contribution in [0, 0.1) is 5.41 Å². The Bertz CT molecular complexity index is 1050. The Morgan fingerprint density at radius 1 is 1.00 bits per heavy atom. The molecule has 1 aromatic carbocycles. The first-order valence-electron chi connectivity index (χ1n) is 10.5. The van der Waals surface area contributed by atoms with E-state index in [1.54, 1.807) is 11.1 Å². The Labute approximate surface area is 179 Å². The molecule has 1 atom stereocenters. The number of likely N-dealkylation sites (tertiary alicyclic amines) is 1. The maximum atomic E-state index is 13.5. The van der Waals surface area contributed by atoms with Gasteiger partial charge in [-0.25, -0.2) is 5.43 Å². The molecule has 0 radical (unpaired) electrons. The lowest BCUT2D eigenvalue weighted by Crippen LogP contribution is -2.67. The van der Waals surface area contributed by atoms with Gasteiger partial charge in [-0.1, -0.05) is 24.3 Å². The van der Waals surface area contributed by atoms with Crippen LogP contribution >= 0.6 is 0 Å². The number of pyridine rings is 1. The molecule has 0 bridgehead atoms. The van der Waals surface area contributed by atoms with Crippen molar-refractivity contribution in [3.63, 3.8) is 0 Å². The van der Waals surface area contributed by atoms with Crippen molar-refractivity contribution < 1.29 is 14.4 Å². The van der Waals surface area contributed by atoms with Crippen LogP contribution in [0.15, 0.2) is 59.8 Å². The Hall–Kier alpha value is -3.55. The smallest absolute Gasteiger partial charge is 0.270 e. The highest BCUT2D eigenvalue weighted by Gasteiger charge is 2.62. The van der Waals surface area contributed by atoms with Crippen molar-refractivity contribution in [2.24, 2.45) is 10.5 Å². The van der Waals surface area contributed by atoms with Gasteiger partial charge in [0.2, 0.25) is 11.8 Å². The van der Waals surface area contributed by atoms with Crippen LogP contribution in [0.4, 0.5) is 5.69 Å². The fourth-order valence-corrected chi connectivity index (χ4v) is 4.87. The lowest BCUT2D eigenvalue weighted by molar-refractivity contribution is -0.147. The monoisotopic (exact) mass is 417 g/mol. The van der Waals surface area contributed by atoms with E-state index in [4.69, 9.17) is 0 Å². The van der Waals surface area contributed by atoms with Crippen molar-refractivity contribution in [3.8, 4) is 0 Å². The number of piperidine rings is 1. The summed E-state index contributed by atoms with van der Waals surface area (Å²) in [6.45, 7) is 0.951. The van der Waals surface area contributed by atoms with Crippen LogP contribution in [0.1, 0.15) is 37.4 Å². The molecule has 5 rings (SSSR count). The molecule has 0 aliphatic carbocycles. The maximum Gasteiger partial charge on any atom is 0.270 e. The summed E-state index contributed by atoms with van der Waals surface area (Å²) in [6.07, 6.45) is 3.52. The summed E-state index contributed by atoms with van der Waals surface area (Å²) in [4.78, 5) is 45.7. The highest BCUT2D eigenvalue weighted by atomic mass is 16.2. The number of hydrazone groups is 1. The predicted molar refractivity (Wildman–Crippen MR) is 114 cm³/mol. The summed E-state index contributed by atoms with van der Waals surface area (Å²) < 4.78 is 0. The van der Waals surface area contributed by atoms with Gasteiger partial charge in [0.05, 0.1) is 17.2 Å². The third kappa shape index (κ3) is 3.19. The first-order chi connectivity index (χ1) is 15.1. The van der Waals surface area contributed by atoms with Crippen molar-refractivity contribution in [1.29, 1.82) is 0 Å². The molecule has 8 heteroatoms. The lowest BCUT2D eigenvalue weighted by atomic mass is 9.63. The Morgan fingerprint density at radius 3 is 2.39 bits per heavy atom. The third-order valence-electron chi connectivity index (χ3n) is 6.52. The largest absolute Gasteiger partial charge is 0.337 e. The molecule has 1 N–H and O–H groups in total. The summed E-state index contributed by atoms with van der Waals surface area (Å²) in [6, 6.07) is 15.3. The quantitative estimate of drug-likeness (QED) is 0.774. The highest BCUT2D eigenvalue weighted by molar-refractivity contribution is 6.39. The SMILES string of the molecule is O=C1CCC(C(=O)N2CCC3(CC2)C(=O)N(c2ccccc2)C3c2ccccn2)=NN1. The van der Waals surface area contributed by atoms with Crippen molar-refractivity contribution in [2.75, 3.05) is 18.0 Å². The lowest BCUT2D eigenvalue weighted by Gasteiger charge is -2.58. The van der Waals surface area contributed by atoms with E-state index in [0.29, 0.717) is 38.1 Å². The van der Waals surface area contributed by atoms with Gasteiger partial charge in [0, 0.05) is 37.8 Å². The van der Waals surface area contributed by atoms with Gasteiger partial charge in [-0.2, -0.15) is 5.10 Å². The summed E-state index contributed by atoms with van der Waals surface area (Å²) in [5, 5.41) is 3.93. The van der Waals surface area contributed by atoms with E-state index < -0.39 is 5.41 Å². The molecule has 0 saturated carbocycles. The second-order valence-electron chi connectivity index (χ2n) is 8.21.